The van der Waals surface area contributed by atoms with Crippen molar-refractivity contribution in [1.29, 1.82) is 0 Å². The molecule has 1 saturated heterocycles. The minimum Gasteiger partial charge on any atom is -0.298 e. The minimum absolute atomic E-state index is 0.186. The zero-order valence-corrected chi connectivity index (χ0v) is 9.96. The predicted molar refractivity (Wildman–Crippen MR) is 58.3 cm³/mol. The van der Waals surface area contributed by atoms with Gasteiger partial charge in [0.25, 0.3) is 0 Å². The topological polar surface area (TPSA) is 56.1 Å². The van der Waals surface area contributed by atoms with E-state index in [0.717, 1.165) is 44.7 Å². The van der Waals surface area contributed by atoms with Crippen molar-refractivity contribution in [1.82, 2.24) is 25.3 Å². The first-order valence-corrected chi connectivity index (χ1v) is 5.94. The van der Waals surface area contributed by atoms with E-state index >= 15 is 0 Å². The van der Waals surface area contributed by atoms with Gasteiger partial charge in [0.15, 0.2) is 5.82 Å². The van der Waals surface area contributed by atoms with Gasteiger partial charge in [0.05, 0.1) is 19.7 Å². The summed E-state index contributed by atoms with van der Waals surface area (Å²) in [6.07, 6.45) is 4.44. The summed E-state index contributed by atoms with van der Waals surface area (Å²) in [6, 6.07) is 0.186. The predicted octanol–water partition coefficient (Wildman–Crippen LogP) is 1.08. The first-order valence-electron chi connectivity index (χ1n) is 5.94. The molecule has 1 unspecified atom stereocenters. The van der Waals surface area contributed by atoms with Crippen LogP contribution in [-0.4, -0.2) is 38.4 Å². The van der Waals surface area contributed by atoms with Crippen molar-refractivity contribution in [2.24, 2.45) is 7.05 Å². The molecule has 0 aliphatic carbocycles. The van der Waals surface area contributed by atoms with Crippen molar-refractivity contribution in [2.75, 3.05) is 13.2 Å². The standard InChI is InChI=1S/C10H19N5O/c1-3-4-8-16-15-7-5-6-9(15)10-11-13-14(2)12-10/h9H,3-8H2,1-2H3. The van der Waals surface area contributed by atoms with E-state index in [2.05, 4.69) is 22.3 Å². The van der Waals surface area contributed by atoms with E-state index in [1.54, 1.807) is 7.05 Å². The van der Waals surface area contributed by atoms with E-state index in [9.17, 15) is 0 Å². The Morgan fingerprint density at radius 1 is 1.50 bits per heavy atom. The van der Waals surface area contributed by atoms with Crippen LogP contribution in [0, 0.1) is 0 Å². The van der Waals surface area contributed by atoms with E-state index in [1.165, 1.54) is 4.80 Å². The molecule has 0 amide bonds. The Morgan fingerprint density at radius 2 is 2.38 bits per heavy atom. The van der Waals surface area contributed by atoms with E-state index in [0.29, 0.717) is 0 Å². The van der Waals surface area contributed by atoms with Gasteiger partial charge in [0.2, 0.25) is 0 Å². The first kappa shape index (κ1) is 11.5. The van der Waals surface area contributed by atoms with Gasteiger partial charge in [-0.05, 0) is 24.5 Å². The molecule has 1 aromatic heterocycles. The number of hydrogen-bond acceptors (Lipinski definition) is 5. The number of hydrogen-bond donors (Lipinski definition) is 0. The lowest BCUT2D eigenvalue weighted by Crippen LogP contribution is -2.25. The second kappa shape index (κ2) is 5.36. The molecule has 0 bridgehead atoms. The molecule has 6 nitrogen and oxygen atoms in total. The molecule has 1 aliphatic heterocycles. The molecule has 2 rings (SSSR count). The lowest BCUT2D eigenvalue weighted by Gasteiger charge is -2.20. The van der Waals surface area contributed by atoms with Gasteiger partial charge >= 0.3 is 0 Å². The van der Waals surface area contributed by atoms with Crippen molar-refractivity contribution < 1.29 is 4.84 Å². The van der Waals surface area contributed by atoms with E-state index in [-0.39, 0.29) is 6.04 Å². The van der Waals surface area contributed by atoms with Crippen molar-refractivity contribution >= 4 is 0 Å². The highest BCUT2D eigenvalue weighted by Crippen LogP contribution is 2.29. The normalized spacial score (nSPS) is 21.8. The fourth-order valence-corrected chi connectivity index (χ4v) is 1.91. The summed E-state index contributed by atoms with van der Waals surface area (Å²) >= 11 is 0. The Bertz CT molecular complexity index is 327. The Morgan fingerprint density at radius 3 is 3.06 bits per heavy atom. The number of aryl methyl sites for hydroxylation is 1. The zero-order chi connectivity index (χ0) is 11.4. The molecule has 2 heterocycles. The lowest BCUT2D eigenvalue weighted by atomic mass is 10.2. The van der Waals surface area contributed by atoms with Crippen molar-refractivity contribution in [3.05, 3.63) is 5.82 Å². The molecule has 0 radical (unpaired) electrons. The average Bonchev–Trinajstić information content (AvgIpc) is 2.87. The maximum absolute atomic E-state index is 5.74. The highest BCUT2D eigenvalue weighted by molar-refractivity contribution is 4.92. The van der Waals surface area contributed by atoms with Crippen molar-refractivity contribution in [2.45, 2.75) is 38.6 Å². The third kappa shape index (κ3) is 2.56. The Kier molecular flexibility index (Phi) is 3.84. The van der Waals surface area contributed by atoms with Crippen molar-refractivity contribution in [3.8, 4) is 0 Å². The summed E-state index contributed by atoms with van der Waals surface area (Å²) in [5.74, 6) is 0.775. The smallest absolute Gasteiger partial charge is 0.194 e. The SMILES string of the molecule is CCCCON1CCCC1c1nnn(C)n1. The van der Waals surface area contributed by atoms with Crippen LogP contribution in [-0.2, 0) is 11.9 Å². The molecule has 0 N–H and O–H groups in total. The van der Waals surface area contributed by atoms with Gasteiger partial charge in [-0.3, -0.25) is 4.84 Å². The van der Waals surface area contributed by atoms with E-state index in [1.807, 2.05) is 5.06 Å². The third-order valence-electron chi connectivity index (χ3n) is 2.78. The molecule has 0 saturated carbocycles. The van der Waals surface area contributed by atoms with Crippen LogP contribution in [0.5, 0.6) is 0 Å². The van der Waals surface area contributed by atoms with E-state index in [4.69, 9.17) is 4.84 Å². The molecule has 90 valence electrons. The summed E-state index contributed by atoms with van der Waals surface area (Å²) in [7, 11) is 1.79. The maximum Gasteiger partial charge on any atom is 0.194 e. The van der Waals surface area contributed by atoms with Gasteiger partial charge < -0.3 is 0 Å². The Labute approximate surface area is 95.5 Å². The Balaban J connectivity index is 1.92. The molecule has 1 atom stereocenters. The van der Waals surface area contributed by atoms with Crippen LogP contribution in [0.25, 0.3) is 0 Å². The van der Waals surface area contributed by atoms with Crippen LogP contribution >= 0.6 is 0 Å². The molecular weight excluding hydrogens is 206 g/mol. The molecular formula is C10H19N5O. The first-order chi connectivity index (χ1) is 7.81. The minimum atomic E-state index is 0.186. The van der Waals surface area contributed by atoms with Crippen LogP contribution in [0.2, 0.25) is 0 Å². The highest BCUT2D eigenvalue weighted by Gasteiger charge is 2.30. The molecule has 16 heavy (non-hydrogen) atoms. The lowest BCUT2D eigenvalue weighted by molar-refractivity contribution is -0.172. The quantitative estimate of drug-likeness (QED) is 0.702. The summed E-state index contributed by atoms with van der Waals surface area (Å²) in [5, 5.41) is 14.2. The highest BCUT2D eigenvalue weighted by atomic mass is 16.7. The number of aromatic nitrogens is 4. The molecule has 1 fully saturated rings. The van der Waals surface area contributed by atoms with Gasteiger partial charge in [-0.1, -0.05) is 13.3 Å². The Hall–Kier alpha value is -1.01. The van der Waals surface area contributed by atoms with E-state index < -0.39 is 0 Å². The molecule has 6 heteroatoms. The zero-order valence-electron chi connectivity index (χ0n) is 9.96. The number of rotatable bonds is 5. The second-order valence-electron chi connectivity index (χ2n) is 4.12. The van der Waals surface area contributed by atoms with Crippen LogP contribution in [0.1, 0.15) is 44.5 Å². The van der Waals surface area contributed by atoms with Gasteiger partial charge in [-0.15, -0.1) is 10.2 Å². The average molecular weight is 225 g/mol. The molecule has 1 aliphatic rings. The molecule has 0 spiro atoms. The largest absolute Gasteiger partial charge is 0.298 e. The fourth-order valence-electron chi connectivity index (χ4n) is 1.91. The third-order valence-corrected chi connectivity index (χ3v) is 2.78. The van der Waals surface area contributed by atoms with Crippen molar-refractivity contribution in [3.63, 3.8) is 0 Å². The maximum atomic E-state index is 5.74. The second-order valence-corrected chi connectivity index (χ2v) is 4.12. The van der Waals surface area contributed by atoms with Crippen LogP contribution in [0.15, 0.2) is 0 Å². The summed E-state index contributed by atoms with van der Waals surface area (Å²) in [6.45, 7) is 3.91. The van der Waals surface area contributed by atoms with Crippen LogP contribution in [0.3, 0.4) is 0 Å². The van der Waals surface area contributed by atoms with Gasteiger partial charge in [-0.2, -0.15) is 9.86 Å². The number of hydroxylamine groups is 2. The number of tetrazole rings is 1. The van der Waals surface area contributed by atoms with Crippen LogP contribution in [0.4, 0.5) is 0 Å². The van der Waals surface area contributed by atoms with Gasteiger partial charge in [0, 0.05) is 6.54 Å². The monoisotopic (exact) mass is 225 g/mol. The summed E-state index contributed by atoms with van der Waals surface area (Å²) in [4.78, 5) is 7.23. The van der Waals surface area contributed by atoms with Gasteiger partial charge in [-0.25, -0.2) is 0 Å². The fraction of sp³-hybridized carbons (Fsp3) is 0.900. The van der Waals surface area contributed by atoms with Crippen LogP contribution < -0.4 is 0 Å². The molecule has 0 aromatic carbocycles. The van der Waals surface area contributed by atoms with Gasteiger partial charge in [0.1, 0.15) is 0 Å². The summed E-state index contributed by atoms with van der Waals surface area (Å²) in [5.41, 5.74) is 0. The summed E-state index contributed by atoms with van der Waals surface area (Å²) < 4.78 is 0. The molecule has 1 aromatic rings. The number of unbranched alkanes of at least 4 members (excludes halogenated alkanes) is 1. The number of nitrogens with zero attached hydrogens (tertiary/aromatic N) is 5.